The Morgan fingerprint density at radius 3 is 3.00 bits per heavy atom. The average molecular weight is 339 g/mol. The van der Waals surface area contributed by atoms with E-state index in [0.717, 1.165) is 17.5 Å². The highest BCUT2D eigenvalue weighted by Gasteiger charge is 2.15. The van der Waals surface area contributed by atoms with Crippen LogP contribution in [0, 0.1) is 0 Å². The van der Waals surface area contributed by atoms with Crippen molar-refractivity contribution in [2.24, 2.45) is 5.73 Å². The van der Waals surface area contributed by atoms with Gasteiger partial charge in [0.1, 0.15) is 11.6 Å². The Kier molecular flexibility index (Phi) is 5.25. The van der Waals surface area contributed by atoms with Gasteiger partial charge in [-0.25, -0.2) is 9.97 Å². The number of imidazole rings is 1. The van der Waals surface area contributed by atoms with E-state index in [4.69, 9.17) is 10.5 Å². The van der Waals surface area contributed by atoms with E-state index in [2.05, 4.69) is 20.3 Å². The summed E-state index contributed by atoms with van der Waals surface area (Å²) in [5.74, 6) is 1.12. The molecule has 3 aromatic rings. The first-order chi connectivity index (χ1) is 12.2. The summed E-state index contributed by atoms with van der Waals surface area (Å²) >= 11 is 0. The average Bonchev–Trinajstić information content (AvgIpc) is 3.06. The first kappa shape index (κ1) is 16.9. The lowest BCUT2D eigenvalue weighted by atomic mass is 10.1. The third-order valence-corrected chi connectivity index (χ3v) is 3.72. The van der Waals surface area contributed by atoms with Gasteiger partial charge >= 0.3 is 0 Å². The van der Waals surface area contributed by atoms with Gasteiger partial charge in [-0.15, -0.1) is 0 Å². The molecule has 130 valence electrons. The minimum absolute atomic E-state index is 0.146. The number of aromatic nitrogens is 3. The first-order valence-electron chi connectivity index (χ1n) is 8.29. The van der Waals surface area contributed by atoms with Crippen molar-refractivity contribution in [3.8, 4) is 17.1 Å². The molecular weight excluding hydrogens is 318 g/mol. The van der Waals surface area contributed by atoms with Crippen LogP contribution in [0.5, 0.6) is 5.75 Å². The van der Waals surface area contributed by atoms with Crippen LogP contribution in [0.1, 0.15) is 23.7 Å². The van der Waals surface area contributed by atoms with Crippen LogP contribution in [0.3, 0.4) is 0 Å². The predicted molar refractivity (Wildman–Crippen MR) is 96.5 cm³/mol. The van der Waals surface area contributed by atoms with E-state index in [-0.39, 0.29) is 5.91 Å². The molecule has 0 bridgehead atoms. The van der Waals surface area contributed by atoms with Gasteiger partial charge in [0, 0.05) is 18.3 Å². The molecule has 4 N–H and O–H groups in total. The zero-order valence-electron chi connectivity index (χ0n) is 14.1. The Morgan fingerprint density at radius 2 is 2.24 bits per heavy atom. The molecule has 0 unspecified atom stereocenters. The SMILES string of the molecule is CCOc1cc(C(=O)NCCCN)ccc1-c1nc2ncccc2[nH]1. The van der Waals surface area contributed by atoms with Crippen LogP contribution in [-0.4, -0.2) is 40.6 Å². The third kappa shape index (κ3) is 3.77. The van der Waals surface area contributed by atoms with Gasteiger partial charge in [0.15, 0.2) is 5.65 Å². The van der Waals surface area contributed by atoms with Gasteiger partial charge in [-0.05, 0) is 50.2 Å². The number of amides is 1. The molecule has 0 aliphatic rings. The second kappa shape index (κ2) is 7.76. The van der Waals surface area contributed by atoms with Crippen molar-refractivity contribution in [1.82, 2.24) is 20.3 Å². The highest BCUT2D eigenvalue weighted by atomic mass is 16.5. The van der Waals surface area contributed by atoms with Crippen molar-refractivity contribution >= 4 is 17.1 Å². The Labute approximate surface area is 145 Å². The van der Waals surface area contributed by atoms with Crippen LogP contribution < -0.4 is 15.8 Å². The van der Waals surface area contributed by atoms with Gasteiger partial charge in [-0.1, -0.05) is 0 Å². The zero-order valence-corrected chi connectivity index (χ0v) is 14.1. The summed E-state index contributed by atoms with van der Waals surface area (Å²) in [5.41, 5.74) is 8.27. The fourth-order valence-corrected chi connectivity index (χ4v) is 2.51. The molecule has 7 nitrogen and oxygen atoms in total. The summed E-state index contributed by atoms with van der Waals surface area (Å²) in [4.78, 5) is 24.2. The zero-order chi connectivity index (χ0) is 17.6. The maximum Gasteiger partial charge on any atom is 0.251 e. The molecule has 1 aromatic carbocycles. The Balaban J connectivity index is 1.92. The maximum absolute atomic E-state index is 12.2. The van der Waals surface area contributed by atoms with E-state index in [1.807, 2.05) is 25.1 Å². The summed E-state index contributed by atoms with van der Waals surface area (Å²) in [5, 5.41) is 2.84. The lowest BCUT2D eigenvalue weighted by Crippen LogP contribution is -2.25. The second-order valence-corrected chi connectivity index (χ2v) is 5.50. The first-order valence-corrected chi connectivity index (χ1v) is 8.29. The summed E-state index contributed by atoms with van der Waals surface area (Å²) in [6, 6.07) is 9.09. The van der Waals surface area contributed by atoms with Gasteiger partial charge in [-0.2, -0.15) is 0 Å². The monoisotopic (exact) mass is 339 g/mol. The minimum atomic E-state index is -0.146. The van der Waals surface area contributed by atoms with E-state index < -0.39 is 0 Å². The number of hydrogen-bond acceptors (Lipinski definition) is 5. The summed E-state index contributed by atoms with van der Waals surface area (Å²) in [7, 11) is 0. The minimum Gasteiger partial charge on any atom is -0.493 e. The second-order valence-electron chi connectivity index (χ2n) is 5.50. The number of aromatic amines is 1. The molecule has 2 aromatic heterocycles. The van der Waals surface area contributed by atoms with E-state index in [0.29, 0.717) is 42.5 Å². The summed E-state index contributed by atoms with van der Waals surface area (Å²) in [6.45, 7) is 3.49. The molecule has 1 amide bonds. The number of H-pyrrole nitrogens is 1. The molecule has 0 spiro atoms. The van der Waals surface area contributed by atoms with Crippen molar-refractivity contribution in [3.05, 3.63) is 42.1 Å². The lowest BCUT2D eigenvalue weighted by Gasteiger charge is -2.11. The van der Waals surface area contributed by atoms with Gasteiger partial charge in [-0.3, -0.25) is 4.79 Å². The summed E-state index contributed by atoms with van der Waals surface area (Å²) < 4.78 is 5.72. The molecule has 0 atom stereocenters. The van der Waals surface area contributed by atoms with Crippen molar-refractivity contribution in [2.45, 2.75) is 13.3 Å². The number of fused-ring (bicyclic) bond motifs is 1. The molecule has 0 radical (unpaired) electrons. The number of nitrogens with one attached hydrogen (secondary N) is 2. The molecular formula is C18H21N5O2. The molecule has 25 heavy (non-hydrogen) atoms. The highest BCUT2D eigenvalue weighted by molar-refractivity contribution is 5.95. The molecule has 0 aliphatic carbocycles. The lowest BCUT2D eigenvalue weighted by molar-refractivity contribution is 0.0953. The third-order valence-electron chi connectivity index (χ3n) is 3.72. The van der Waals surface area contributed by atoms with Crippen LogP contribution in [-0.2, 0) is 0 Å². The van der Waals surface area contributed by atoms with E-state index in [9.17, 15) is 4.79 Å². The molecule has 0 fully saturated rings. The van der Waals surface area contributed by atoms with Crippen molar-refractivity contribution in [1.29, 1.82) is 0 Å². The molecule has 7 heteroatoms. The predicted octanol–water partition coefficient (Wildman–Crippen LogP) is 2.10. The topological polar surface area (TPSA) is 106 Å². The Morgan fingerprint density at radius 1 is 1.36 bits per heavy atom. The molecule has 0 saturated heterocycles. The molecule has 2 heterocycles. The summed E-state index contributed by atoms with van der Waals surface area (Å²) in [6.07, 6.45) is 2.44. The number of pyridine rings is 1. The number of benzene rings is 1. The number of ether oxygens (including phenoxy) is 1. The number of rotatable bonds is 7. The number of carbonyl (C=O) groups is 1. The largest absolute Gasteiger partial charge is 0.493 e. The Bertz CT molecular complexity index is 842. The van der Waals surface area contributed by atoms with Crippen molar-refractivity contribution < 1.29 is 9.53 Å². The van der Waals surface area contributed by atoms with E-state index in [1.54, 1.807) is 18.3 Å². The fraction of sp³-hybridized carbons (Fsp3) is 0.278. The van der Waals surface area contributed by atoms with Crippen LogP contribution in [0.15, 0.2) is 36.5 Å². The van der Waals surface area contributed by atoms with Crippen molar-refractivity contribution in [3.63, 3.8) is 0 Å². The fourth-order valence-electron chi connectivity index (χ4n) is 2.51. The quantitative estimate of drug-likeness (QED) is 0.572. The van der Waals surface area contributed by atoms with E-state index >= 15 is 0 Å². The number of hydrogen-bond donors (Lipinski definition) is 3. The number of carbonyl (C=O) groups excluding carboxylic acids is 1. The molecule has 0 saturated carbocycles. The number of nitrogens with zero attached hydrogens (tertiary/aromatic N) is 2. The normalized spacial score (nSPS) is 10.8. The standard InChI is InChI=1S/C18H21N5O2/c1-2-25-15-11-12(18(24)21-10-4-8-19)6-7-13(15)16-22-14-5-3-9-20-17(14)23-16/h3,5-7,9,11H,2,4,8,10,19H2,1H3,(H,21,24)(H,20,22,23). The van der Waals surface area contributed by atoms with Crippen LogP contribution in [0.2, 0.25) is 0 Å². The van der Waals surface area contributed by atoms with Crippen molar-refractivity contribution in [2.75, 3.05) is 19.7 Å². The smallest absolute Gasteiger partial charge is 0.251 e. The highest BCUT2D eigenvalue weighted by Crippen LogP contribution is 2.30. The van der Waals surface area contributed by atoms with Crippen LogP contribution in [0.4, 0.5) is 0 Å². The van der Waals surface area contributed by atoms with Gasteiger partial charge in [0.25, 0.3) is 5.91 Å². The Hall–Kier alpha value is -2.93. The van der Waals surface area contributed by atoms with Gasteiger partial charge in [0.2, 0.25) is 0 Å². The van der Waals surface area contributed by atoms with E-state index in [1.165, 1.54) is 0 Å². The van der Waals surface area contributed by atoms with Gasteiger partial charge < -0.3 is 20.8 Å². The van der Waals surface area contributed by atoms with Gasteiger partial charge in [0.05, 0.1) is 17.7 Å². The van der Waals surface area contributed by atoms with Crippen LogP contribution >= 0.6 is 0 Å². The number of nitrogens with two attached hydrogens (primary N) is 1. The molecule has 3 rings (SSSR count). The molecule has 0 aliphatic heterocycles. The maximum atomic E-state index is 12.2. The van der Waals surface area contributed by atoms with Crippen LogP contribution in [0.25, 0.3) is 22.6 Å².